The summed E-state index contributed by atoms with van der Waals surface area (Å²) in [6.45, 7) is 4.54. The molecular formula is C18H22N4O3. The summed E-state index contributed by atoms with van der Waals surface area (Å²) in [4.78, 5) is 37.2. The molecular weight excluding hydrogens is 320 g/mol. The van der Waals surface area contributed by atoms with Crippen LogP contribution in [0, 0.1) is 12.8 Å². The van der Waals surface area contributed by atoms with Gasteiger partial charge < -0.3 is 10.2 Å². The van der Waals surface area contributed by atoms with Crippen molar-refractivity contribution in [3.63, 3.8) is 0 Å². The maximum atomic E-state index is 12.0. The molecule has 1 aliphatic heterocycles. The van der Waals surface area contributed by atoms with Gasteiger partial charge in [0.2, 0.25) is 5.91 Å². The van der Waals surface area contributed by atoms with Crippen molar-refractivity contribution in [1.82, 2.24) is 15.5 Å². The van der Waals surface area contributed by atoms with E-state index in [2.05, 4.69) is 39.5 Å². The number of para-hydroxylation sites is 1. The Kier molecular flexibility index (Phi) is 5.02. The summed E-state index contributed by atoms with van der Waals surface area (Å²) < 4.78 is 0. The third kappa shape index (κ3) is 4.17. The number of H-pyrrole nitrogens is 2. The van der Waals surface area contributed by atoms with Crippen LogP contribution in [0.1, 0.15) is 17.5 Å². The van der Waals surface area contributed by atoms with E-state index < -0.39 is 11.1 Å². The van der Waals surface area contributed by atoms with E-state index >= 15 is 0 Å². The second kappa shape index (κ2) is 7.38. The lowest BCUT2D eigenvalue weighted by Gasteiger charge is -2.21. The summed E-state index contributed by atoms with van der Waals surface area (Å²) in [6.07, 6.45) is 0.924. The summed E-state index contributed by atoms with van der Waals surface area (Å²) in [5, 5.41) is 7.28. The number of amides is 1. The fourth-order valence-electron chi connectivity index (χ4n) is 3.22. The monoisotopic (exact) mass is 342 g/mol. The van der Waals surface area contributed by atoms with E-state index in [4.69, 9.17) is 0 Å². The standard InChI is InChI=1S/C18H22N4O3/c1-12-4-2-3-5-15(12)22-7-6-13(11-22)10-19-16(23)8-14-9-17(24)20-21-18(14)25/h2-5,9,13H,6-8,10-11H2,1H3,(H,19,23)(H,20,24)(H,21,25). The Bertz CT molecular complexity index is 871. The molecule has 2 aromatic rings. The van der Waals surface area contributed by atoms with Gasteiger partial charge in [0.25, 0.3) is 11.1 Å². The molecule has 1 saturated heterocycles. The molecule has 7 nitrogen and oxygen atoms in total. The molecule has 0 bridgehead atoms. The molecule has 3 rings (SSSR count). The quantitative estimate of drug-likeness (QED) is 0.739. The van der Waals surface area contributed by atoms with Crippen LogP contribution < -0.4 is 21.3 Å². The fourth-order valence-corrected chi connectivity index (χ4v) is 3.22. The van der Waals surface area contributed by atoms with E-state index in [1.165, 1.54) is 11.3 Å². The van der Waals surface area contributed by atoms with E-state index in [-0.39, 0.29) is 17.9 Å². The van der Waals surface area contributed by atoms with Gasteiger partial charge in [-0.3, -0.25) is 24.6 Å². The van der Waals surface area contributed by atoms with Gasteiger partial charge in [-0.05, 0) is 30.9 Å². The first-order valence-electron chi connectivity index (χ1n) is 8.41. The molecule has 1 aliphatic rings. The molecule has 1 amide bonds. The van der Waals surface area contributed by atoms with Gasteiger partial charge in [-0.2, -0.15) is 0 Å². The van der Waals surface area contributed by atoms with Crippen molar-refractivity contribution in [2.45, 2.75) is 19.8 Å². The number of nitrogens with zero attached hydrogens (tertiary/aromatic N) is 1. The smallest absolute Gasteiger partial charge is 0.266 e. The number of anilines is 1. The first-order valence-corrected chi connectivity index (χ1v) is 8.41. The minimum absolute atomic E-state index is 0.0898. The number of rotatable bonds is 5. The minimum Gasteiger partial charge on any atom is -0.371 e. The molecule has 1 aromatic heterocycles. The lowest BCUT2D eigenvalue weighted by atomic mass is 10.1. The predicted octanol–water partition coefficient (Wildman–Crippen LogP) is 0.557. The minimum atomic E-state index is -0.443. The second-order valence-corrected chi connectivity index (χ2v) is 6.48. The first-order chi connectivity index (χ1) is 12.0. The van der Waals surface area contributed by atoms with Crippen LogP contribution in [0.15, 0.2) is 39.9 Å². The highest BCUT2D eigenvalue weighted by Gasteiger charge is 2.24. The van der Waals surface area contributed by atoms with Crippen LogP contribution in [0.4, 0.5) is 5.69 Å². The van der Waals surface area contributed by atoms with Crippen LogP contribution in [-0.2, 0) is 11.2 Å². The number of carbonyl (C=O) groups is 1. The van der Waals surface area contributed by atoms with Gasteiger partial charge in [0.15, 0.2) is 0 Å². The van der Waals surface area contributed by atoms with Crippen molar-refractivity contribution in [3.8, 4) is 0 Å². The molecule has 0 aliphatic carbocycles. The average molecular weight is 342 g/mol. The van der Waals surface area contributed by atoms with Crippen LogP contribution >= 0.6 is 0 Å². The highest BCUT2D eigenvalue weighted by Crippen LogP contribution is 2.26. The van der Waals surface area contributed by atoms with Crippen LogP contribution in [0.25, 0.3) is 0 Å². The van der Waals surface area contributed by atoms with Gasteiger partial charge in [-0.15, -0.1) is 0 Å². The molecule has 7 heteroatoms. The van der Waals surface area contributed by atoms with Crippen molar-refractivity contribution < 1.29 is 4.79 Å². The Hall–Kier alpha value is -2.83. The number of benzene rings is 1. The van der Waals surface area contributed by atoms with E-state index in [1.807, 2.05) is 12.1 Å². The molecule has 0 saturated carbocycles. The Morgan fingerprint density at radius 3 is 2.88 bits per heavy atom. The Balaban J connectivity index is 1.52. The van der Waals surface area contributed by atoms with Crippen LogP contribution in [0.2, 0.25) is 0 Å². The molecule has 1 unspecified atom stereocenters. The zero-order valence-electron chi connectivity index (χ0n) is 14.2. The third-order valence-electron chi connectivity index (χ3n) is 4.58. The number of nitrogens with one attached hydrogen (secondary N) is 3. The zero-order chi connectivity index (χ0) is 17.8. The summed E-state index contributed by atoms with van der Waals surface area (Å²) in [5.74, 6) is 0.131. The van der Waals surface area contributed by atoms with Crippen molar-refractivity contribution in [2.75, 3.05) is 24.5 Å². The van der Waals surface area contributed by atoms with Gasteiger partial charge in [0.05, 0.1) is 6.42 Å². The lowest BCUT2D eigenvalue weighted by molar-refractivity contribution is -0.120. The van der Waals surface area contributed by atoms with Gasteiger partial charge in [-0.1, -0.05) is 18.2 Å². The van der Waals surface area contributed by atoms with E-state index in [1.54, 1.807) is 0 Å². The number of aromatic amines is 2. The number of aromatic nitrogens is 2. The largest absolute Gasteiger partial charge is 0.371 e. The Morgan fingerprint density at radius 2 is 2.08 bits per heavy atom. The summed E-state index contributed by atoms with van der Waals surface area (Å²) in [5.41, 5.74) is 1.80. The third-order valence-corrected chi connectivity index (χ3v) is 4.58. The highest BCUT2D eigenvalue weighted by atomic mass is 16.2. The molecule has 0 radical (unpaired) electrons. The van der Waals surface area contributed by atoms with Crippen molar-refractivity contribution in [2.24, 2.45) is 5.92 Å². The van der Waals surface area contributed by atoms with Crippen molar-refractivity contribution in [1.29, 1.82) is 0 Å². The number of carbonyl (C=O) groups excluding carboxylic acids is 1. The molecule has 2 heterocycles. The summed E-state index contributed by atoms with van der Waals surface area (Å²) >= 11 is 0. The zero-order valence-corrected chi connectivity index (χ0v) is 14.2. The predicted molar refractivity (Wildman–Crippen MR) is 95.9 cm³/mol. The van der Waals surface area contributed by atoms with E-state index in [9.17, 15) is 14.4 Å². The SMILES string of the molecule is Cc1ccccc1N1CCC(CNC(=O)Cc2cc(=O)[nH][nH]c2=O)C1. The van der Waals surface area contributed by atoms with Crippen LogP contribution in [0.5, 0.6) is 0 Å². The number of hydrogen-bond donors (Lipinski definition) is 3. The Labute approximate surface area is 145 Å². The molecule has 1 fully saturated rings. The topological polar surface area (TPSA) is 98.1 Å². The fraction of sp³-hybridized carbons (Fsp3) is 0.389. The average Bonchev–Trinajstić information content (AvgIpc) is 3.05. The van der Waals surface area contributed by atoms with Gasteiger partial charge in [-0.25, -0.2) is 0 Å². The second-order valence-electron chi connectivity index (χ2n) is 6.48. The van der Waals surface area contributed by atoms with Gasteiger partial charge in [0, 0.05) is 37.0 Å². The van der Waals surface area contributed by atoms with Crippen LogP contribution in [0.3, 0.4) is 0 Å². The Morgan fingerprint density at radius 1 is 1.28 bits per heavy atom. The van der Waals surface area contributed by atoms with Gasteiger partial charge in [0.1, 0.15) is 0 Å². The lowest BCUT2D eigenvalue weighted by Crippen LogP contribution is -2.34. The highest BCUT2D eigenvalue weighted by molar-refractivity contribution is 5.78. The normalized spacial score (nSPS) is 16.8. The number of hydrogen-bond acceptors (Lipinski definition) is 4. The molecule has 132 valence electrons. The molecule has 0 spiro atoms. The van der Waals surface area contributed by atoms with Gasteiger partial charge >= 0.3 is 0 Å². The molecule has 25 heavy (non-hydrogen) atoms. The maximum Gasteiger partial charge on any atom is 0.266 e. The molecule has 1 aromatic carbocycles. The summed E-state index contributed by atoms with van der Waals surface area (Å²) in [7, 11) is 0. The van der Waals surface area contributed by atoms with Crippen LogP contribution in [-0.4, -0.2) is 35.7 Å². The molecule has 3 N–H and O–H groups in total. The first kappa shape index (κ1) is 17.0. The van der Waals surface area contributed by atoms with E-state index in [0.29, 0.717) is 12.5 Å². The molecule has 1 atom stereocenters. The van der Waals surface area contributed by atoms with E-state index in [0.717, 1.165) is 25.6 Å². The summed E-state index contributed by atoms with van der Waals surface area (Å²) in [6, 6.07) is 9.45. The number of aryl methyl sites for hydroxylation is 1. The van der Waals surface area contributed by atoms with Crippen molar-refractivity contribution in [3.05, 3.63) is 62.2 Å². The maximum absolute atomic E-state index is 12.0. The van der Waals surface area contributed by atoms with Crippen molar-refractivity contribution >= 4 is 11.6 Å².